The number of likely N-dealkylation sites (tertiary alicyclic amines) is 1. The van der Waals surface area contributed by atoms with Crippen molar-refractivity contribution in [2.45, 2.75) is 12.8 Å². The smallest absolute Gasteiger partial charge is 0.129 e. The highest BCUT2D eigenvalue weighted by molar-refractivity contribution is 6.29. The van der Waals surface area contributed by atoms with Crippen molar-refractivity contribution >= 4 is 11.6 Å². The predicted molar refractivity (Wildman–Crippen MR) is 58.6 cm³/mol. The van der Waals surface area contributed by atoms with Crippen molar-refractivity contribution in [2.75, 3.05) is 20.1 Å². The molecule has 1 aromatic rings. The Morgan fingerprint density at radius 2 is 2.50 bits per heavy atom. The second-order valence-electron chi connectivity index (χ2n) is 4.11. The molecule has 1 aromatic heterocycles. The fourth-order valence-corrected chi connectivity index (χ4v) is 2.29. The van der Waals surface area contributed by atoms with Gasteiger partial charge < -0.3 is 4.90 Å². The zero-order valence-corrected chi connectivity index (χ0v) is 9.17. The highest BCUT2D eigenvalue weighted by atomic mass is 35.5. The average Bonchev–Trinajstić information content (AvgIpc) is 2.51. The molecule has 2 heterocycles. The van der Waals surface area contributed by atoms with Gasteiger partial charge in [0.15, 0.2) is 0 Å². The molecule has 0 amide bonds. The number of rotatable bonds is 2. The van der Waals surface area contributed by atoms with Gasteiger partial charge in [-0.25, -0.2) is 4.98 Å². The van der Waals surface area contributed by atoms with Crippen LogP contribution in [0.25, 0.3) is 0 Å². The van der Waals surface area contributed by atoms with E-state index in [1.807, 2.05) is 6.07 Å². The lowest BCUT2D eigenvalue weighted by Gasteiger charge is -2.10. The predicted octanol–water partition coefficient (Wildman–Crippen LogP) is 2.23. The minimum atomic E-state index is 0.605. The van der Waals surface area contributed by atoms with Gasteiger partial charge in [-0.15, -0.1) is 0 Å². The normalized spacial score (nSPS) is 22.9. The minimum absolute atomic E-state index is 0.605. The maximum atomic E-state index is 5.84. The zero-order valence-electron chi connectivity index (χ0n) is 8.41. The van der Waals surface area contributed by atoms with Gasteiger partial charge in [0.05, 0.1) is 0 Å². The Balaban J connectivity index is 1.97. The molecule has 2 rings (SSSR count). The summed E-state index contributed by atoms with van der Waals surface area (Å²) in [5.74, 6) is 0.790. The molecule has 1 atom stereocenters. The molecule has 1 fully saturated rings. The molecule has 1 aliphatic heterocycles. The second-order valence-corrected chi connectivity index (χ2v) is 4.50. The third kappa shape index (κ3) is 2.46. The number of halogens is 1. The van der Waals surface area contributed by atoms with Crippen molar-refractivity contribution < 1.29 is 0 Å². The molecule has 1 saturated heterocycles. The molecule has 3 heteroatoms. The third-order valence-electron chi connectivity index (χ3n) is 2.80. The highest BCUT2D eigenvalue weighted by Gasteiger charge is 2.19. The Kier molecular flexibility index (Phi) is 3.04. The van der Waals surface area contributed by atoms with E-state index in [0.29, 0.717) is 5.15 Å². The summed E-state index contributed by atoms with van der Waals surface area (Å²) in [6, 6.07) is 4.03. The van der Waals surface area contributed by atoms with Gasteiger partial charge >= 0.3 is 0 Å². The van der Waals surface area contributed by atoms with E-state index in [2.05, 4.69) is 23.0 Å². The van der Waals surface area contributed by atoms with Crippen LogP contribution in [0.15, 0.2) is 18.3 Å². The van der Waals surface area contributed by atoms with E-state index < -0.39 is 0 Å². The summed E-state index contributed by atoms with van der Waals surface area (Å²) in [4.78, 5) is 6.37. The van der Waals surface area contributed by atoms with E-state index in [1.165, 1.54) is 25.1 Å². The quantitative estimate of drug-likeness (QED) is 0.696. The molecule has 76 valence electrons. The van der Waals surface area contributed by atoms with Crippen LogP contribution in [-0.2, 0) is 6.42 Å². The van der Waals surface area contributed by atoms with Crippen molar-refractivity contribution in [1.82, 2.24) is 9.88 Å². The van der Waals surface area contributed by atoms with Crippen molar-refractivity contribution in [3.63, 3.8) is 0 Å². The van der Waals surface area contributed by atoms with Crippen LogP contribution in [0.3, 0.4) is 0 Å². The fourth-order valence-electron chi connectivity index (χ4n) is 2.10. The molecular weight excluding hydrogens is 196 g/mol. The number of nitrogens with zero attached hydrogens (tertiary/aromatic N) is 2. The fraction of sp³-hybridized carbons (Fsp3) is 0.545. The summed E-state index contributed by atoms with van der Waals surface area (Å²) in [5, 5.41) is 0.605. The van der Waals surface area contributed by atoms with Gasteiger partial charge in [-0.3, -0.25) is 0 Å². The molecular formula is C11H15ClN2. The summed E-state index contributed by atoms with van der Waals surface area (Å²) >= 11 is 5.84. The lowest BCUT2D eigenvalue weighted by atomic mass is 10.00. The average molecular weight is 211 g/mol. The topological polar surface area (TPSA) is 16.1 Å². The SMILES string of the molecule is CN1CC[C@H](Cc2ccnc(Cl)c2)C1. The third-order valence-corrected chi connectivity index (χ3v) is 3.01. The van der Waals surface area contributed by atoms with Crippen LogP contribution in [0.4, 0.5) is 0 Å². The van der Waals surface area contributed by atoms with E-state index in [1.54, 1.807) is 6.20 Å². The molecule has 0 aromatic carbocycles. The van der Waals surface area contributed by atoms with E-state index in [9.17, 15) is 0 Å². The van der Waals surface area contributed by atoms with Crippen molar-refractivity contribution in [3.05, 3.63) is 29.0 Å². The Morgan fingerprint density at radius 3 is 3.14 bits per heavy atom. The first-order valence-electron chi connectivity index (χ1n) is 5.03. The monoisotopic (exact) mass is 210 g/mol. The van der Waals surface area contributed by atoms with Crippen molar-refractivity contribution in [3.8, 4) is 0 Å². The first-order chi connectivity index (χ1) is 6.74. The van der Waals surface area contributed by atoms with E-state index >= 15 is 0 Å². The number of hydrogen-bond donors (Lipinski definition) is 0. The molecule has 0 N–H and O–H groups in total. The van der Waals surface area contributed by atoms with Crippen molar-refractivity contribution in [1.29, 1.82) is 0 Å². The molecule has 0 bridgehead atoms. The number of hydrogen-bond acceptors (Lipinski definition) is 2. The Hall–Kier alpha value is -0.600. The molecule has 0 saturated carbocycles. The maximum absolute atomic E-state index is 5.84. The molecule has 0 unspecified atom stereocenters. The summed E-state index contributed by atoms with van der Waals surface area (Å²) in [6.45, 7) is 2.43. The largest absolute Gasteiger partial charge is 0.306 e. The van der Waals surface area contributed by atoms with E-state index in [4.69, 9.17) is 11.6 Å². The molecule has 0 aliphatic carbocycles. The Labute approximate surface area is 89.9 Å². The molecule has 14 heavy (non-hydrogen) atoms. The Morgan fingerprint density at radius 1 is 1.64 bits per heavy atom. The second kappa shape index (κ2) is 4.28. The van der Waals surface area contributed by atoms with Crippen LogP contribution in [-0.4, -0.2) is 30.0 Å². The lowest BCUT2D eigenvalue weighted by Crippen LogP contribution is -2.14. The van der Waals surface area contributed by atoms with Crippen LogP contribution in [0.5, 0.6) is 0 Å². The van der Waals surface area contributed by atoms with Crippen molar-refractivity contribution in [2.24, 2.45) is 5.92 Å². The molecule has 0 spiro atoms. The number of pyridine rings is 1. The zero-order chi connectivity index (χ0) is 9.97. The van der Waals surface area contributed by atoms with Crippen LogP contribution in [0.1, 0.15) is 12.0 Å². The van der Waals surface area contributed by atoms with Crippen LogP contribution in [0, 0.1) is 5.92 Å². The number of aromatic nitrogens is 1. The standard InChI is InChI=1S/C11H15ClN2/c1-14-5-3-10(8-14)6-9-2-4-13-11(12)7-9/h2,4,7,10H,3,5-6,8H2,1H3/t10-/m1/s1. The summed E-state index contributed by atoms with van der Waals surface area (Å²) in [5.41, 5.74) is 1.31. The first kappa shape index (κ1) is 9.94. The van der Waals surface area contributed by atoms with E-state index in [-0.39, 0.29) is 0 Å². The summed E-state index contributed by atoms with van der Waals surface area (Å²) in [7, 11) is 2.18. The van der Waals surface area contributed by atoms with Gasteiger partial charge in [-0.1, -0.05) is 11.6 Å². The lowest BCUT2D eigenvalue weighted by molar-refractivity contribution is 0.394. The summed E-state index contributed by atoms with van der Waals surface area (Å²) < 4.78 is 0. The molecule has 1 aliphatic rings. The Bertz CT molecular complexity index is 314. The first-order valence-corrected chi connectivity index (χ1v) is 5.41. The van der Waals surface area contributed by atoms with Crippen LogP contribution in [0.2, 0.25) is 5.15 Å². The van der Waals surface area contributed by atoms with Crippen LogP contribution >= 0.6 is 11.6 Å². The van der Waals surface area contributed by atoms with Crippen LogP contribution < -0.4 is 0 Å². The van der Waals surface area contributed by atoms with Gasteiger partial charge in [0.1, 0.15) is 5.15 Å². The van der Waals surface area contributed by atoms with Gasteiger partial charge in [0, 0.05) is 12.7 Å². The van der Waals surface area contributed by atoms with E-state index in [0.717, 1.165) is 12.3 Å². The maximum Gasteiger partial charge on any atom is 0.129 e. The highest BCUT2D eigenvalue weighted by Crippen LogP contribution is 2.20. The van der Waals surface area contributed by atoms with Gasteiger partial charge in [-0.05, 0) is 50.0 Å². The molecule has 2 nitrogen and oxygen atoms in total. The minimum Gasteiger partial charge on any atom is -0.306 e. The van der Waals surface area contributed by atoms with Gasteiger partial charge in [0.2, 0.25) is 0 Å². The molecule has 0 radical (unpaired) electrons. The summed E-state index contributed by atoms with van der Waals surface area (Å²) in [6.07, 6.45) is 4.22. The van der Waals surface area contributed by atoms with Gasteiger partial charge in [0.25, 0.3) is 0 Å². The van der Waals surface area contributed by atoms with Gasteiger partial charge in [-0.2, -0.15) is 0 Å².